The minimum Gasteiger partial charge on any atom is -0.482 e. The number of carbonyl (C=O) groups excluding carboxylic acids is 2. The van der Waals surface area contributed by atoms with Crippen molar-refractivity contribution in [3.8, 4) is 5.75 Å². The topological polar surface area (TPSA) is 58.6 Å². The molecule has 5 nitrogen and oxygen atoms in total. The summed E-state index contributed by atoms with van der Waals surface area (Å²) in [5.41, 5.74) is 0.750. The Morgan fingerprint density at radius 1 is 1.00 bits per heavy atom. The van der Waals surface area contributed by atoms with Gasteiger partial charge in [0.25, 0.3) is 5.91 Å². The van der Waals surface area contributed by atoms with E-state index in [9.17, 15) is 9.59 Å². The van der Waals surface area contributed by atoms with Crippen LogP contribution in [0.4, 0.5) is 0 Å². The van der Waals surface area contributed by atoms with Crippen molar-refractivity contribution in [2.75, 3.05) is 6.61 Å². The number of halogens is 4. The molecular weight excluding hydrogens is 506 g/mol. The fraction of sp³-hybridized carbons (Fsp3) is 0.417. The molecule has 0 spiro atoms. The molecule has 33 heavy (non-hydrogen) atoms. The first-order valence-corrected chi connectivity index (χ1v) is 12.4. The van der Waals surface area contributed by atoms with Gasteiger partial charge in [-0.05, 0) is 55.7 Å². The number of benzene rings is 2. The van der Waals surface area contributed by atoms with Gasteiger partial charge in [0, 0.05) is 17.6 Å². The number of hydrogen-bond donors (Lipinski definition) is 1. The van der Waals surface area contributed by atoms with Crippen molar-refractivity contribution in [2.45, 2.75) is 57.7 Å². The van der Waals surface area contributed by atoms with E-state index in [4.69, 9.17) is 51.1 Å². The molecule has 0 saturated heterocycles. The van der Waals surface area contributed by atoms with Gasteiger partial charge in [-0.1, -0.05) is 71.7 Å². The third-order valence-electron chi connectivity index (χ3n) is 5.70. The Bertz CT molecular complexity index is 996. The molecule has 2 amide bonds. The highest BCUT2D eigenvalue weighted by Crippen LogP contribution is 2.28. The van der Waals surface area contributed by atoms with Crippen LogP contribution in [0.5, 0.6) is 5.75 Å². The first-order chi connectivity index (χ1) is 15.7. The number of nitrogens with one attached hydrogen (secondary N) is 1. The Kier molecular flexibility index (Phi) is 9.57. The second-order valence-electron chi connectivity index (χ2n) is 8.15. The summed E-state index contributed by atoms with van der Waals surface area (Å²) in [6.45, 7) is 1.60. The average Bonchev–Trinajstić information content (AvgIpc) is 2.79. The van der Waals surface area contributed by atoms with Crippen molar-refractivity contribution in [1.82, 2.24) is 10.2 Å². The maximum Gasteiger partial charge on any atom is 0.261 e. The molecule has 1 fully saturated rings. The van der Waals surface area contributed by atoms with Crippen LogP contribution < -0.4 is 10.1 Å². The van der Waals surface area contributed by atoms with Gasteiger partial charge in [0.05, 0.1) is 15.1 Å². The first kappa shape index (κ1) is 26.0. The molecular formula is C24H26Cl4N2O3. The smallest absolute Gasteiger partial charge is 0.261 e. The lowest BCUT2D eigenvalue weighted by Crippen LogP contribution is -2.51. The molecule has 0 unspecified atom stereocenters. The lowest BCUT2D eigenvalue weighted by molar-refractivity contribution is -0.142. The predicted molar refractivity (Wildman–Crippen MR) is 133 cm³/mol. The molecule has 1 aliphatic rings. The van der Waals surface area contributed by atoms with Crippen LogP contribution in [-0.4, -0.2) is 35.4 Å². The quantitative estimate of drug-likeness (QED) is 0.420. The fourth-order valence-corrected chi connectivity index (χ4v) is 4.58. The molecule has 2 aromatic rings. The van der Waals surface area contributed by atoms with Gasteiger partial charge in [-0.2, -0.15) is 0 Å². The minimum absolute atomic E-state index is 0.139. The minimum atomic E-state index is -0.710. The molecule has 1 saturated carbocycles. The van der Waals surface area contributed by atoms with E-state index in [2.05, 4.69) is 5.32 Å². The number of carbonyl (C=O) groups is 2. The van der Waals surface area contributed by atoms with Crippen LogP contribution in [0, 0.1) is 0 Å². The van der Waals surface area contributed by atoms with Crippen LogP contribution in [0.15, 0.2) is 36.4 Å². The Morgan fingerprint density at radius 2 is 1.73 bits per heavy atom. The summed E-state index contributed by atoms with van der Waals surface area (Å²) in [4.78, 5) is 27.7. The van der Waals surface area contributed by atoms with E-state index >= 15 is 0 Å². The molecule has 178 valence electrons. The van der Waals surface area contributed by atoms with Crippen molar-refractivity contribution >= 4 is 58.2 Å². The highest BCUT2D eigenvalue weighted by molar-refractivity contribution is 6.42. The van der Waals surface area contributed by atoms with Crippen molar-refractivity contribution in [3.05, 3.63) is 62.1 Å². The van der Waals surface area contributed by atoms with Crippen molar-refractivity contribution in [2.24, 2.45) is 0 Å². The van der Waals surface area contributed by atoms with Crippen LogP contribution in [0.3, 0.4) is 0 Å². The molecule has 1 atom stereocenters. The lowest BCUT2D eigenvalue weighted by atomic mass is 9.95. The molecule has 2 aromatic carbocycles. The van der Waals surface area contributed by atoms with Crippen LogP contribution in [0.1, 0.15) is 44.6 Å². The molecule has 1 N–H and O–H groups in total. The van der Waals surface area contributed by atoms with Gasteiger partial charge in [-0.25, -0.2) is 0 Å². The van der Waals surface area contributed by atoms with Gasteiger partial charge in [0.1, 0.15) is 11.8 Å². The zero-order chi connectivity index (χ0) is 24.0. The van der Waals surface area contributed by atoms with E-state index in [1.807, 2.05) is 0 Å². The van der Waals surface area contributed by atoms with Crippen molar-refractivity contribution in [3.63, 3.8) is 0 Å². The number of rotatable bonds is 8. The third-order valence-corrected chi connectivity index (χ3v) is 6.97. The van der Waals surface area contributed by atoms with Crippen LogP contribution in [-0.2, 0) is 16.1 Å². The molecule has 0 radical (unpaired) electrons. The summed E-state index contributed by atoms with van der Waals surface area (Å²) < 4.78 is 5.63. The average molecular weight is 532 g/mol. The van der Waals surface area contributed by atoms with Gasteiger partial charge >= 0.3 is 0 Å². The van der Waals surface area contributed by atoms with Gasteiger partial charge < -0.3 is 15.0 Å². The molecule has 0 aliphatic heterocycles. The summed E-state index contributed by atoms with van der Waals surface area (Å²) >= 11 is 24.3. The zero-order valence-electron chi connectivity index (χ0n) is 18.3. The summed E-state index contributed by atoms with van der Waals surface area (Å²) in [6, 6.07) is 9.32. The number of nitrogens with zero attached hydrogens (tertiary/aromatic N) is 1. The standard InChI is InChI=1S/C24H26Cl4N2O3/c1-15(24(32)29-18-5-3-2-4-6-18)30(13-16-7-9-19(26)20(27)11-16)23(31)14-33-22-10-8-17(25)12-21(22)28/h7-12,15,18H,2-6,13-14H2,1H3,(H,29,32)/t15-/m0/s1. The molecule has 0 aromatic heterocycles. The molecule has 0 heterocycles. The lowest BCUT2D eigenvalue weighted by Gasteiger charge is -2.31. The summed E-state index contributed by atoms with van der Waals surface area (Å²) in [5, 5.41) is 4.66. The van der Waals surface area contributed by atoms with E-state index in [1.54, 1.807) is 37.3 Å². The van der Waals surface area contributed by atoms with Gasteiger partial charge in [0.2, 0.25) is 5.91 Å². The summed E-state index contributed by atoms with van der Waals surface area (Å²) in [5.74, 6) is -0.221. The van der Waals surface area contributed by atoms with E-state index in [0.29, 0.717) is 25.8 Å². The highest BCUT2D eigenvalue weighted by Gasteiger charge is 2.28. The van der Waals surface area contributed by atoms with E-state index in [0.717, 1.165) is 31.2 Å². The third kappa shape index (κ3) is 7.41. The predicted octanol–water partition coefficient (Wildman–Crippen LogP) is 6.55. The highest BCUT2D eigenvalue weighted by atomic mass is 35.5. The molecule has 9 heteroatoms. The Hall–Kier alpha value is -1.66. The van der Waals surface area contributed by atoms with Crippen molar-refractivity contribution < 1.29 is 14.3 Å². The normalized spacial score (nSPS) is 15.1. The zero-order valence-corrected chi connectivity index (χ0v) is 21.3. The second kappa shape index (κ2) is 12.2. The SMILES string of the molecule is C[C@@H](C(=O)NC1CCCCC1)N(Cc1ccc(Cl)c(Cl)c1)C(=O)COc1ccc(Cl)cc1Cl. The Balaban J connectivity index is 1.74. The summed E-state index contributed by atoms with van der Waals surface area (Å²) in [7, 11) is 0. The first-order valence-electron chi connectivity index (χ1n) is 10.9. The summed E-state index contributed by atoms with van der Waals surface area (Å²) in [6.07, 6.45) is 5.30. The fourth-order valence-electron chi connectivity index (χ4n) is 3.80. The van der Waals surface area contributed by atoms with Gasteiger partial charge in [0.15, 0.2) is 6.61 Å². The molecule has 0 bridgehead atoms. The second-order valence-corrected chi connectivity index (χ2v) is 9.81. The van der Waals surface area contributed by atoms with Crippen LogP contribution in [0.25, 0.3) is 0 Å². The number of hydrogen-bond acceptors (Lipinski definition) is 3. The van der Waals surface area contributed by atoms with Gasteiger partial charge in [-0.15, -0.1) is 0 Å². The largest absolute Gasteiger partial charge is 0.482 e. The van der Waals surface area contributed by atoms with E-state index < -0.39 is 6.04 Å². The van der Waals surface area contributed by atoms with Crippen LogP contribution in [0.2, 0.25) is 20.1 Å². The molecule has 1 aliphatic carbocycles. The van der Waals surface area contributed by atoms with Crippen LogP contribution >= 0.6 is 46.4 Å². The van der Waals surface area contributed by atoms with Gasteiger partial charge in [-0.3, -0.25) is 9.59 Å². The Morgan fingerprint density at radius 3 is 2.39 bits per heavy atom. The van der Waals surface area contributed by atoms with Crippen molar-refractivity contribution in [1.29, 1.82) is 0 Å². The van der Waals surface area contributed by atoms with E-state index in [-0.39, 0.29) is 31.0 Å². The number of amides is 2. The maximum atomic E-state index is 13.2. The monoisotopic (exact) mass is 530 g/mol. The Labute approximate surface area is 214 Å². The molecule has 3 rings (SSSR count). The maximum absolute atomic E-state index is 13.2. The van der Waals surface area contributed by atoms with E-state index in [1.165, 1.54) is 17.4 Å². The number of ether oxygens (including phenoxy) is 1.